The fourth-order valence-electron chi connectivity index (χ4n) is 3.13. The summed E-state index contributed by atoms with van der Waals surface area (Å²) in [6.45, 7) is 3.54. The predicted molar refractivity (Wildman–Crippen MR) is 83.2 cm³/mol. The number of benzene rings is 1. The maximum atomic E-state index is 12.2. The normalized spacial score (nSPS) is 26.8. The molecule has 3 atom stereocenters. The van der Waals surface area contributed by atoms with Gasteiger partial charge in [-0.2, -0.15) is 0 Å². The number of carboxylic acid groups (broad SMARTS) is 1. The first kappa shape index (κ1) is 19.3. The van der Waals surface area contributed by atoms with Crippen molar-refractivity contribution in [2.24, 2.45) is 0 Å². The van der Waals surface area contributed by atoms with E-state index in [2.05, 4.69) is 5.32 Å². The fraction of sp³-hybridized carbons (Fsp3) is 0.438. The van der Waals surface area contributed by atoms with Crippen molar-refractivity contribution in [3.63, 3.8) is 0 Å². The van der Waals surface area contributed by atoms with Crippen molar-refractivity contribution >= 4 is 29.5 Å². The Morgan fingerprint density at radius 3 is 2.50 bits per heavy atom. The number of hydrogen-bond acceptors (Lipinski definition) is 5. The fourth-order valence-corrected chi connectivity index (χ4v) is 4.75. The van der Waals surface area contributed by atoms with Crippen LogP contribution in [0.3, 0.4) is 0 Å². The van der Waals surface area contributed by atoms with E-state index in [1.807, 2.05) is 30.3 Å². The zero-order valence-electron chi connectivity index (χ0n) is 13.8. The molecule has 1 unspecified atom stereocenters. The summed E-state index contributed by atoms with van der Waals surface area (Å²) in [5, 5.41) is 13.7. The van der Waals surface area contributed by atoms with Crippen molar-refractivity contribution in [3.05, 3.63) is 35.9 Å². The van der Waals surface area contributed by atoms with Crippen LogP contribution in [-0.2, 0) is 20.8 Å². The van der Waals surface area contributed by atoms with Crippen LogP contribution >= 0.6 is 11.8 Å². The zero-order valence-corrected chi connectivity index (χ0v) is 16.6. The summed E-state index contributed by atoms with van der Waals surface area (Å²) in [5.74, 6) is -1.86. The molecule has 2 saturated heterocycles. The number of hydrogen-bond donors (Lipinski definition) is 1. The van der Waals surface area contributed by atoms with E-state index in [0.29, 0.717) is 0 Å². The van der Waals surface area contributed by atoms with Gasteiger partial charge in [0.25, 0.3) is 0 Å². The molecule has 0 saturated carbocycles. The Balaban J connectivity index is 0.00000208. The third-order valence-corrected chi connectivity index (χ3v) is 5.76. The van der Waals surface area contributed by atoms with Gasteiger partial charge in [0.05, 0.1) is 18.4 Å². The van der Waals surface area contributed by atoms with Gasteiger partial charge in [-0.3, -0.25) is 9.59 Å². The standard InChI is InChI=1S/C16H18N2O4S.Na/c1-16(2)12(15(21)22)18-13(20)11(14(18)23-16)17-10(19)8-9-6-4-3-5-7-9;/h3-7,11-12,14H,8H2,1-2H3,(H,17,19)(H,21,22);/q;+1/p-1/t11-,12?,14-;/m1./s1. The van der Waals surface area contributed by atoms with Gasteiger partial charge in [0.1, 0.15) is 11.4 Å². The summed E-state index contributed by atoms with van der Waals surface area (Å²) in [7, 11) is 0. The van der Waals surface area contributed by atoms with Crippen LogP contribution in [-0.4, -0.2) is 44.9 Å². The average molecular weight is 356 g/mol. The Bertz CT molecular complexity index is 667. The minimum atomic E-state index is -1.26. The first-order valence-corrected chi connectivity index (χ1v) is 8.23. The molecule has 2 aliphatic heterocycles. The van der Waals surface area contributed by atoms with Gasteiger partial charge in [-0.25, -0.2) is 0 Å². The molecule has 2 heterocycles. The summed E-state index contributed by atoms with van der Waals surface area (Å²) in [6.07, 6.45) is 0.190. The van der Waals surface area contributed by atoms with Crippen LogP contribution < -0.4 is 40.0 Å². The summed E-state index contributed by atoms with van der Waals surface area (Å²) in [4.78, 5) is 37.0. The van der Waals surface area contributed by atoms with Gasteiger partial charge in [0.2, 0.25) is 11.8 Å². The second-order valence-electron chi connectivity index (χ2n) is 6.29. The van der Waals surface area contributed by atoms with Gasteiger partial charge >= 0.3 is 29.6 Å². The minimum Gasteiger partial charge on any atom is -0.548 e. The molecule has 0 radical (unpaired) electrons. The number of carbonyl (C=O) groups excluding carboxylic acids is 3. The van der Waals surface area contributed by atoms with Crippen LogP contribution in [0.15, 0.2) is 30.3 Å². The SMILES string of the molecule is CC1(C)S[C@@H]2[C@H](NC(=O)Cc3ccccc3)C(=O)N2C1C(=O)[O-].[Na+]. The Labute approximate surface area is 166 Å². The molecule has 2 aliphatic rings. The van der Waals surface area contributed by atoms with E-state index in [0.717, 1.165) is 5.56 Å². The van der Waals surface area contributed by atoms with Gasteiger partial charge in [-0.1, -0.05) is 30.3 Å². The van der Waals surface area contributed by atoms with Crippen LogP contribution in [0, 0.1) is 0 Å². The molecule has 0 aliphatic carbocycles. The number of amides is 2. The van der Waals surface area contributed by atoms with E-state index >= 15 is 0 Å². The largest absolute Gasteiger partial charge is 1.00 e. The van der Waals surface area contributed by atoms with Gasteiger partial charge in [0.15, 0.2) is 0 Å². The topological polar surface area (TPSA) is 89.5 Å². The molecule has 6 nitrogen and oxygen atoms in total. The van der Waals surface area contributed by atoms with E-state index in [4.69, 9.17) is 0 Å². The Morgan fingerprint density at radius 1 is 1.29 bits per heavy atom. The molecule has 8 heteroatoms. The van der Waals surface area contributed by atoms with Gasteiger partial charge < -0.3 is 20.1 Å². The Hall–Kier alpha value is -1.02. The number of nitrogens with zero attached hydrogens (tertiary/aromatic N) is 1. The van der Waals surface area contributed by atoms with E-state index in [9.17, 15) is 19.5 Å². The number of aliphatic carboxylic acids is 1. The summed E-state index contributed by atoms with van der Waals surface area (Å²) in [5.41, 5.74) is 0.862. The maximum absolute atomic E-state index is 12.2. The van der Waals surface area contributed by atoms with Crippen molar-refractivity contribution in [1.82, 2.24) is 10.2 Å². The van der Waals surface area contributed by atoms with Crippen LogP contribution in [0.5, 0.6) is 0 Å². The summed E-state index contributed by atoms with van der Waals surface area (Å²) < 4.78 is -0.641. The quantitative estimate of drug-likeness (QED) is 0.447. The Kier molecular flexibility index (Phi) is 5.69. The maximum Gasteiger partial charge on any atom is 1.00 e. The molecule has 1 aromatic carbocycles. The molecule has 1 aromatic rings. The smallest absolute Gasteiger partial charge is 0.548 e. The molecule has 2 amide bonds. The molecule has 2 fully saturated rings. The van der Waals surface area contributed by atoms with E-state index in [-0.39, 0.29) is 53.2 Å². The second-order valence-corrected chi connectivity index (χ2v) is 8.06. The first-order chi connectivity index (χ1) is 10.8. The van der Waals surface area contributed by atoms with E-state index in [1.54, 1.807) is 13.8 Å². The van der Waals surface area contributed by atoms with Crippen LogP contribution in [0.2, 0.25) is 0 Å². The van der Waals surface area contributed by atoms with Crippen LogP contribution in [0.1, 0.15) is 19.4 Å². The number of fused-ring (bicyclic) bond motifs is 1. The molecular weight excluding hydrogens is 339 g/mol. The number of rotatable bonds is 4. The van der Waals surface area contributed by atoms with Crippen molar-refractivity contribution in [1.29, 1.82) is 0 Å². The number of carbonyl (C=O) groups is 3. The third kappa shape index (κ3) is 3.35. The monoisotopic (exact) mass is 356 g/mol. The van der Waals surface area contributed by atoms with Crippen LogP contribution in [0.4, 0.5) is 0 Å². The molecule has 24 heavy (non-hydrogen) atoms. The second kappa shape index (κ2) is 7.07. The van der Waals surface area contributed by atoms with Gasteiger partial charge in [-0.15, -0.1) is 11.8 Å². The van der Waals surface area contributed by atoms with E-state index < -0.39 is 22.8 Å². The number of carboxylic acids is 1. The minimum absolute atomic E-state index is 0. The first-order valence-electron chi connectivity index (χ1n) is 7.35. The number of thioether (sulfide) groups is 1. The summed E-state index contributed by atoms with van der Waals surface area (Å²) in [6, 6.07) is 7.61. The van der Waals surface area contributed by atoms with E-state index in [1.165, 1.54) is 16.7 Å². The average Bonchev–Trinajstić information content (AvgIpc) is 2.74. The molecule has 0 spiro atoms. The molecule has 0 bridgehead atoms. The molecule has 3 rings (SSSR count). The van der Waals surface area contributed by atoms with Crippen molar-refractivity contribution in [3.8, 4) is 0 Å². The van der Waals surface area contributed by atoms with Crippen molar-refractivity contribution in [2.75, 3.05) is 0 Å². The zero-order chi connectivity index (χ0) is 16.8. The number of nitrogens with one attached hydrogen (secondary N) is 1. The molecular formula is C16H17N2NaO4S. The molecule has 1 N–H and O–H groups in total. The van der Waals surface area contributed by atoms with Crippen LogP contribution in [0.25, 0.3) is 0 Å². The molecule has 122 valence electrons. The third-order valence-electron chi connectivity index (χ3n) is 4.19. The predicted octanol–water partition coefficient (Wildman–Crippen LogP) is -3.47. The van der Waals surface area contributed by atoms with Gasteiger partial charge in [-0.05, 0) is 19.4 Å². The number of β-lactam (4-membered cyclic amide) rings is 1. The van der Waals surface area contributed by atoms with Crippen molar-refractivity contribution < 1.29 is 49.0 Å². The summed E-state index contributed by atoms with van der Waals surface area (Å²) >= 11 is 1.38. The van der Waals surface area contributed by atoms with Crippen molar-refractivity contribution in [2.45, 2.75) is 42.5 Å². The molecule has 0 aromatic heterocycles. The Morgan fingerprint density at radius 2 is 1.92 bits per heavy atom. The van der Waals surface area contributed by atoms with Gasteiger partial charge in [0, 0.05) is 4.75 Å².